The molecular weight excluding hydrogens is 424 g/mol. The average Bonchev–Trinajstić information content (AvgIpc) is 2.56. The second-order valence-electron chi connectivity index (χ2n) is 4.96. The van der Waals surface area contributed by atoms with Crippen LogP contribution in [0.25, 0.3) is 6.08 Å². The molecule has 1 unspecified atom stereocenters. The van der Waals surface area contributed by atoms with E-state index in [-0.39, 0.29) is 5.91 Å². The minimum Gasteiger partial charge on any atom is -0.383 e. The van der Waals surface area contributed by atoms with Crippen molar-refractivity contribution in [2.75, 3.05) is 0 Å². The smallest absolute Gasteiger partial charge is 0.271 e. The van der Waals surface area contributed by atoms with Crippen LogP contribution in [0.1, 0.15) is 21.5 Å². The third-order valence-electron chi connectivity index (χ3n) is 3.43. The van der Waals surface area contributed by atoms with Crippen LogP contribution in [0.3, 0.4) is 0 Å². The van der Waals surface area contributed by atoms with Crippen molar-refractivity contribution in [1.82, 2.24) is 5.43 Å². The summed E-state index contributed by atoms with van der Waals surface area (Å²) < 4.78 is 1.64. The number of carbonyl (C=O) groups excluding carboxylic acids is 1. The highest BCUT2D eigenvalue weighted by molar-refractivity contribution is 9.13. The molecule has 2 aromatic carbocycles. The Hall–Kier alpha value is -1.76. The van der Waals surface area contributed by atoms with Crippen LogP contribution in [0.2, 0.25) is 0 Å². The largest absolute Gasteiger partial charge is 0.383 e. The van der Waals surface area contributed by atoms with E-state index in [1.807, 2.05) is 30.3 Å². The molecule has 1 aliphatic rings. The monoisotopic (exact) mass is 434 g/mol. The maximum atomic E-state index is 12.2. The van der Waals surface area contributed by atoms with Gasteiger partial charge in [-0.15, -0.1) is 0 Å². The number of hydrogen-bond acceptors (Lipinski definition) is 3. The third kappa shape index (κ3) is 3.44. The molecule has 23 heavy (non-hydrogen) atoms. The van der Waals surface area contributed by atoms with Gasteiger partial charge in [-0.2, -0.15) is 5.10 Å². The van der Waals surface area contributed by atoms with Crippen molar-refractivity contribution in [1.29, 1.82) is 0 Å². The summed E-state index contributed by atoms with van der Waals surface area (Å²) in [4.78, 5) is 12.2. The van der Waals surface area contributed by atoms with Crippen LogP contribution in [0.5, 0.6) is 0 Å². The van der Waals surface area contributed by atoms with E-state index in [1.165, 1.54) is 0 Å². The van der Waals surface area contributed by atoms with Gasteiger partial charge < -0.3 is 5.11 Å². The average molecular weight is 436 g/mol. The lowest BCUT2D eigenvalue weighted by atomic mass is 9.94. The van der Waals surface area contributed by atoms with E-state index in [0.29, 0.717) is 11.3 Å². The number of amides is 1. The number of benzene rings is 2. The zero-order chi connectivity index (χ0) is 16.4. The molecule has 3 rings (SSSR count). The van der Waals surface area contributed by atoms with Crippen LogP contribution in [0, 0.1) is 0 Å². The highest BCUT2D eigenvalue weighted by Crippen LogP contribution is 2.24. The highest BCUT2D eigenvalue weighted by atomic mass is 79.9. The molecule has 0 saturated heterocycles. The quantitative estimate of drug-likeness (QED) is 0.706. The van der Waals surface area contributed by atoms with E-state index < -0.39 is 6.10 Å². The topological polar surface area (TPSA) is 61.7 Å². The van der Waals surface area contributed by atoms with Gasteiger partial charge in [0.05, 0.1) is 0 Å². The number of aliphatic hydroxyl groups excluding tert-OH is 1. The number of halogens is 2. The van der Waals surface area contributed by atoms with Crippen molar-refractivity contribution in [3.05, 3.63) is 74.2 Å². The van der Waals surface area contributed by atoms with Gasteiger partial charge in [0.1, 0.15) is 11.8 Å². The number of nitrogens with one attached hydrogen (secondary N) is 1. The Morgan fingerprint density at radius 3 is 2.70 bits per heavy atom. The van der Waals surface area contributed by atoms with Crippen LogP contribution in [0.15, 0.2) is 62.6 Å². The van der Waals surface area contributed by atoms with Gasteiger partial charge in [0, 0.05) is 20.1 Å². The van der Waals surface area contributed by atoms with E-state index >= 15 is 0 Å². The number of hydrogen-bond donors (Lipinski definition) is 2. The van der Waals surface area contributed by atoms with Crippen molar-refractivity contribution in [3.63, 3.8) is 0 Å². The van der Waals surface area contributed by atoms with E-state index in [1.54, 1.807) is 24.3 Å². The molecule has 0 saturated carbocycles. The summed E-state index contributed by atoms with van der Waals surface area (Å²) in [6, 6.07) is 12.7. The van der Waals surface area contributed by atoms with Gasteiger partial charge in [0.25, 0.3) is 5.91 Å². The minimum absolute atomic E-state index is 0.343. The number of aliphatic hydroxyl groups is 1. The van der Waals surface area contributed by atoms with Gasteiger partial charge in [-0.05, 0) is 61.7 Å². The Balaban J connectivity index is 1.85. The molecule has 0 radical (unpaired) electrons. The Labute approximate surface area is 150 Å². The molecule has 116 valence electrons. The fraction of sp³-hybridized carbons (Fsp3) is 0.0588. The maximum absolute atomic E-state index is 12.2. The van der Waals surface area contributed by atoms with Crippen molar-refractivity contribution in [2.24, 2.45) is 5.10 Å². The summed E-state index contributed by atoms with van der Waals surface area (Å²) in [6.45, 7) is 0. The zero-order valence-electron chi connectivity index (χ0n) is 11.8. The Kier molecular flexibility index (Phi) is 4.75. The van der Waals surface area contributed by atoms with Gasteiger partial charge in [0.15, 0.2) is 0 Å². The first-order valence-corrected chi connectivity index (χ1v) is 8.43. The van der Waals surface area contributed by atoms with Gasteiger partial charge >= 0.3 is 0 Å². The molecular formula is C17H12Br2N2O2. The highest BCUT2D eigenvalue weighted by Gasteiger charge is 2.19. The number of nitrogens with zero attached hydrogens (tertiary/aromatic N) is 1. The van der Waals surface area contributed by atoms with Gasteiger partial charge in [-0.25, -0.2) is 5.43 Å². The van der Waals surface area contributed by atoms with Crippen molar-refractivity contribution in [3.8, 4) is 0 Å². The first kappa shape index (κ1) is 16.1. The van der Waals surface area contributed by atoms with E-state index in [2.05, 4.69) is 42.4 Å². The third-order valence-corrected chi connectivity index (χ3v) is 5.31. The van der Waals surface area contributed by atoms with Crippen molar-refractivity contribution >= 4 is 49.6 Å². The number of hydrazone groups is 1. The molecule has 4 nitrogen and oxygen atoms in total. The summed E-state index contributed by atoms with van der Waals surface area (Å²) >= 11 is 6.72. The normalized spacial score (nSPS) is 17.9. The summed E-state index contributed by atoms with van der Waals surface area (Å²) in [5, 5.41) is 14.2. The van der Waals surface area contributed by atoms with Crippen molar-refractivity contribution in [2.45, 2.75) is 6.10 Å². The van der Waals surface area contributed by atoms with Crippen LogP contribution >= 0.6 is 31.9 Å². The Bertz CT molecular complexity index is 831. The Morgan fingerprint density at radius 2 is 1.91 bits per heavy atom. The second-order valence-corrected chi connectivity index (χ2v) is 6.67. The minimum atomic E-state index is -0.846. The summed E-state index contributed by atoms with van der Waals surface area (Å²) in [5.41, 5.74) is 5.16. The SMILES string of the molecule is O=C(N/N=C1/c2ccccc2C=CC1O)c1ccc(Br)c(Br)c1. The molecule has 0 spiro atoms. The second kappa shape index (κ2) is 6.78. The number of carbonyl (C=O) groups is 1. The fourth-order valence-corrected chi connectivity index (χ4v) is 2.89. The molecule has 1 atom stereocenters. The molecule has 0 aromatic heterocycles. The lowest BCUT2D eigenvalue weighted by Crippen LogP contribution is -2.28. The molecule has 2 N–H and O–H groups in total. The zero-order valence-corrected chi connectivity index (χ0v) is 15.0. The summed E-state index contributed by atoms with van der Waals surface area (Å²) in [7, 11) is 0. The van der Waals surface area contributed by atoms with Crippen molar-refractivity contribution < 1.29 is 9.90 Å². The summed E-state index contributed by atoms with van der Waals surface area (Å²) in [6.07, 6.45) is 2.64. The van der Waals surface area contributed by atoms with Crippen LogP contribution < -0.4 is 5.43 Å². The molecule has 1 amide bonds. The summed E-state index contributed by atoms with van der Waals surface area (Å²) in [5.74, 6) is -0.343. The predicted octanol–water partition coefficient (Wildman–Crippen LogP) is 3.73. The first-order chi connectivity index (χ1) is 11.1. The van der Waals surface area contributed by atoms with Gasteiger partial charge in [0.2, 0.25) is 0 Å². The first-order valence-electron chi connectivity index (χ1n) is 6.85. The molecule has 0 fully saturated rings. The standard InChI is InChI=1S/C17H12Br2N2O2/c18-13-7-5-11(9-14(13)19)17(23)21-20-16-12-4-2-1-3-10(12)6-8-15(16)22/h1-9,15,22H,(H,21,23)/b20-16-. The Morgan fingerprint density at radius 1 is 1.13 bits per heavy atom. The molecule has 6 heteroatoms. The lowest BCUT2D eigenvalue weighted by Gasteiger charge is -2.17. The van der Waals surface area contributed by atoms with E-state index in [4.69, 9.17) is 0 Å². The molecule has 2 aromatic rings. The van der Waals surface area contributed by atoms with E-state index in [9.17, 15) is 9.90 Å². The fourth-order valence-electron chi connectivity index (χ4n) is 2.26. The molecule has 0 heterocycles. The molecule has 0 aliphatic heterocycles. The predicted molar refractivity (Wildman–Crippen MR) is 97.3 cm³/mol. The van der Waals surface area contributed by atoms with E-state index in [0.717, 1.165) is 20.1 Å². The maximum Gasteiger partial charge on any atom is 0.271 e. The number of fused-ring (bicyclic) bond motifs is 1. The number of rotatable bonds is 2. The van der Waals surface area contributed by atoms with Crippen LogP contribution in [0.4, 0.5) is 0 Å². The van der Waals surface area contributed by atoms with Crippen LogP contribution in [-0.2, 0) is 0 Å². The van der Waals surface area contributed by atoms with Gasteiger partial charge in [-0.1, -0.05) is 30.3 Å². The van der Waals surface area contributed by atoms with Gasteiger partial charge in [-0.3, -0.25) is 4.79 Å². The molecule has 0 bridgehead atoms. The lowest BCUT2D eigenvalue weighted by molar-refractivity contribution is 0.0954. The van der Waals surface area contributed by atoms with Crippen LogP contribution in [-0.4, -0.2) is 22.8 Å². The molecule has 1 aliphatic carbocycles.